The van der Waals surface area contributed by atoms with Crippen molar-refractivity contribution in [1.82, 2.24) is 0 Å². The first kappa shape index (κ1) is 23.4. The summed E-state index contributed by atoms with van der Waals surface area (Å²) in [6.45, 7) is -0.0575. The molecule has 8 heteroatoms. The smallest absolute Gasteiger partial charge is 0.338 e. The minimum Gasteiger partial charge on any atom is -0.454 e. The van der Waals surface area contributed by atoms with E-state index < -0.39 is 11.9 Å². The van der Waals surface area contributed by atoms with Crippen LogP contribution in [0.1, 0.15) is 27.1 Å². The Kier molecular flexibility index (Phi) is 7.18. The number of benzene rings is 3. The molecule has 0 aliphatic carbocycles. The number of ether oxygens (including phenoxy) is 1. The molecule has 7 nitrogen and oxygen atoms in total. The number of nitrogens with zero attached hydrogens (tertiary/aromatic N) is 1. The summed E-state index contributed by atoms with van der Waals surface area (Å²) in [6.07, 6.45) is 0.136. The Balaban J connectivity index is 1.29. The van der Waals surface area contributed by atoms with Crippen molar-refractivity contribution in [3.05, 3.63) is 94.5 Å². The van der Waals surface area contributed by atoms with E-state index in [1.165, 1.54) is 12.1 Å². The lowest BCUT2D eigenvalue weighted by Crippen LogP contribution is -2.28. The standard InChI is InChI=1S/C26H21BrN2O5/c27-20-10-6-17(7-11-20)23(30)16-34-26(33)18-8-12-21(13-9-18)28-25(32)19-14-24(31)29(15-19)22-4-2-1-3-5-22/h1-13,19H,14-16H2,(H,28,32)/t19-/m1/s1. The van der Waals surface area contributed by atoms with Crippen molar-refractivity contribution in [3.8, 4) is 0 Å². The molecule has 0 spiro atoms. The van der Waals surface area contributed by atoms with Gasteiger partial charge in [0.25, 0.3) is 0 Å². The zero-order chi connectivity index (χ0) is 24.1. The number of carbonyl (C=O) groups is 4. The topological polar surface area (TPSA) is 92.8 Å². The number of anilines is 2. The Morgan fingerprint density at radius 1 is 0.912 bits per heavy atom. The minimum atomic E-state index is -0.636. The molecule has 0 unspecified atom stereocenters. The van der Waals surface area contributed by atoms with E-state index in [1.807, 2.05) is 30.3 Å². The molecule has 4 rings (SSSR count). The number of rotatable bonds is 7. The molecule has 1 heterocycles. The summed E-state index contributed by atoms with van der Waals surface area (Å²) in [5, 5.41) is 2.79. The first-order valence-electron chi connectivity index (χ1n) is 10.6. The summed E-state index contributed by atoms with van der Waals surface area (Å²) >= 11 is 3.30. The van der Waals surface area contributed by atoms with E-state index >= 15 is 0 Å². The van der Waals surface area contributed by atoms with E-state index in [-0.39, 0.29) is 36.2 Å². The number of para-hydroxylation sites is 1. The van der Waals surface area contributed by atoms with Crippen LogP contribution in [0.5, 0.6) is 0 Å². The molecular formula is C26H21BrN2O5. The fraction of sp³-hybridized carbons (Fsp3) is 0.154. The maximum absolute atomic E-state index is 12.7. The van der Waals surface area contributed by atoms with Crippen molar-refractivity contribution in [2.24, 2.45) is 5.92 Å². The zero-order valence-corrected chi connectivity index (χ0v) is 19.7. The van der Waals surface area contributed by atoms with Crippen LogP contribution in [0, 0.1) is 5.92 Å². The molecule has 172 valence electrons. The molecule has 0 saturated carbocycles. The van der Waals surface area contributed by atoms with Gasteiger partial charge in [0.15, 0.2) is 12.4 Å². The van der Waals surface area contributed by atoms with Crippen molar-refractivity contribution in [1.29, 1.82) is 0 Å². The van der Waals surface area contributed by atoms with Gasteiger partial charge in [0, 0.05) is 34.4 Å². The van der Waals surface area contributed by atoms with Gasteiger partial charge in [-0.2, -0.15) is 0 Å². The van der Waals surface area contributed by atoms with Gasteiger partial charge in [-0.1, -0.05) is 46.3 Å². The van der Waals surface area contributed by atoms with Crippen LogP contribution in [-0.2, 0) is 14.3 Å². The Morgan fingerprint density at radius 2 is 1.56 bits per heavy atom. The lowest BCUT2D eigenvalue weighted by atomic mass is 10.1. The number of esters is 1. The fourth-order valence-electron chi connectivity index (χ4n) is 3.61. The lowest BCUT2D eigenvalue weighted by Gasteiger charge is -2.16. The first-order chi connectivity index (χ1) is 16.4. The second-order valence-corrected chi connectivity index (χ2v) is 8.73. The van der Waals surface area contributed by atoms with Gasteiger partial charge in [-0.05, 0) is 48.5 Å². The number of amides is 2. The average Bonchev–Trinajstić information content (AvgIpc) is 3.25. The fourth-order valence-corrected chi connectivity index (χ4v) is 3.87. The van der Waals surface area contributed by atoms with Crippen LogP contribution in [-0.4, -0.2) is 36.7 Å². The Hall–Kier alpha value is -3.78. The second-order valence-electron chi connectivity index (χ2n) is 7.81. The van der Waals surface area contributed by atoms with Crippen molar-refractivity contribution < 1.29 is 23.9 Å². The molecular weight excluding hydrogens is 500 g/mol. The summed E-state index contributed by atoms with van der Waals surface area (Å²) in [7, 11) is 0. The Morgan fingerprint density at radius 3 is 2.24 bits per heavy atom. The second kappa shape index (κ2) is 10.4. The maximum atomic E-state index is 12.7. The van der Waals surface area contributed by atoms with E-state index in [0.29, 0.717) is 17.8 Å². The van der Waals surface area contributed by atoms with Crippen molar-refractivity contribution in [2.45, 2.75) is 6.42 Å². The van der Waals surface area contributed by atoms with E-state index in [1.54, 1.807) is 41.3 Å². The molecule has 3 aromatic rings. The van der Waals surface area contributed by atoms with Crippen LogP contribution < -0.4 is 10.2 Å². The molecule has 0 aromatic heterocycles. The molecule has 1 aliphatic heterocycles. The summed E-state index contributed by atoms with van der Waals surface area (Å²) in [5.74, 6) is -1.77. The van der Waals surface area contributed by atoms with Crippen LogP contribution >= 0.6 is 15.9 Å². The zero-order valence-electron chi connectivity index (χ0n) is 18.1. The van der Waals surface area contributed by atoms with Crippen molar-refractivity contribution in [3.63, 3.8) is 0 Å². The molecule has 1 atom stereocenters. The van der Waals surface area contributed by atoms with Gasteiger partial charge in [-0.15, -0.1) is 0 Å². The highest BCUT2D eigenvalue weighted by Gasteiger charge is 2.35. The molecule has 1 saturated heterocycles. The normalized spacial score (nSPS) is 15.1. The van der Waals surface area contributed by atoms with Crippen molar-refractivity contribution in [2.75, 3.05) is 23.4 Å². The van der Waals surface area contributed by atoms with Gasteiger partial charge in [0.2, 0.25) is 11.8 Å². The van der Waals surface area contributed by atoms with Crippen LogP contribution in [0.4, 0.5) is 11.4 Å². The Labute approximate surface area is 204 Å². The lowest BCUT2D eigenvalue weighted by molar-refractivity contribution is -0.122. The van der Waals surface area contributed by atoms with E-state index in [0.717, 1.165) is 10.2 Å². The number of halogens is 1. The van der Waals surface area contributed by atoms with Crippen molar-refractivity contribution >= 4 is 50.9 Å². The third-order valence-corrected chi connectivity index (χ3v) is 5.98. The van der Waals surface area contributed by atoms with Crippen LogP contribution in [0.25, 0.3) is 0 Å². The number of Topliss-reactive ketones (excluding diaryl/α,β-unsaturated/α-hetero) is 1. The Bertz CT molecular complexity index is 1210. The average molecular weight is 521 g/mol. The van der Waals surface area contributed by atoms with Crippen LogP contribution in [0.2, 0.25) is 0 Å². The van der Waals surface area contributed by atoms with Gasteiger partial charge < -0.3 is 15.0 Å². The number of carbonyl (C=O) groups excluding carboxylic acids is 4. The summed E-state index contributed by atoms with van der Waals surface area (Å²) in [5.41, 5.74) is 1.97. The van der Waals surface area contributed by atoms with E-state index in [9.17, 15) is 19.2 Å². The van der Waals surface area contributed by atoms with Gasteiger partial charge in [-0.25, -0.2) is 4.79 Å². The molecule has 1 fully saturated rings. The molecule has 2 amide bonds. The largest absolute Gasteiger partial charge is 0.454 e. The van der Waals surface area contributed by atoms with E-state index in [2.05, 4.69) is 21.2 Å². The highest BCUT2D eigenvalue weighted by atomic mass is 79.9. The summed E-state index contributed by atoms with van der Waals surface area (Å²) < 4.78 is 5.96. The molecule has 0 bridgehead atoms. The monoisotopic (exact) mass is 520 g/mol. The number of ketones is 1. The minimum absolute atomic E-state index is 0.0953. The van der Waals surface area contributed by atoms with Crippen LogP contribution in [0.15, 0.2) is 83.3 Å². The first-order valence-corrected chi connectivity index (χ1v) is 11.4. The van der Waals surface area contributed by atoms with Gasteiger partial charge in [0.05, 0.1) is 11.5 Å². The number of hydrogen-bond donors (Lipinski definition) is 1. The highest BCUT2D eigenvalue weighted by Crippen LogP contribution is 2.26. The van der Waals surface area contributed by atoms with Gasteiger partial charge in [-0.3, -0.25) is 14.4 Å². The van der Waals surface area contributed by atoms with Gasteiger partial charge >= 0.3 is 5.97 Å². The van der Waals surface area contributed by atoms with Crippen LogP contribution in [0.3, 0.4) is 0 Å². The molecule has 34 heavy (non-hydrogen) atoms. The predicted octanol–water partition coefficient (Wildman–Crippen LogP) is 4.48. The molecule has 1 aliphatic rings. The molecule has 1 N–H and O–H groups in total. The van der Waals surface area contributed by atoms with Gasteiger partial charge in [0.1, 0.15) is 0 Å². The molecule has 3 aromatic carbocycles. The highest BCUT2D eigenvalue weighted by molar-refractivity contribution is 9.10. The predicted molar refractivity (Wildman–Crippen MR) is 131 cm³/mol. The summed E-state index contributed by atoms with van der Waals surface area (Å²) in [6, 6.07) is 22.2. The third-order valence-electron chi connectivity index (χ3n) is 5.45. The molecule has 0 radical (unpaired) electrons. The third kappa shape index (κ3) is 5.58. The van der Waals surface area contributed by atoms with E-state index in [4.69, 9.17) is 4.74 Å². The summed E-state index contributed by atoms with van der Waals surface area (Å²) in [4.78, 5) is 51.1. The SMILES string of the molecule is O=C(COC(=O)c1ccc(NC(=O)[C@@H]2CC(=O)N(c3ccccc3)C2)cc1)c1ccc(Br)cc1. The number of nitrogens with one attached hydrogen (secondary N) is 1. The maximum Gasteiger partial charge on any atom is 0.338 e. The number of hydrogen-bond acceptors (Lipinski definition) is 5. The quantitative estimate of drug-likeness (QED) is 0.366.